The van der Waals surface area contributed by atoms with Gasteiger partial charge in [0, 0.05) is 39.0 Å². The molecule has 0 bridgehead atoms. The van der Waals surface area contributed by atoms with Gasteiger partial charge in [0.15, 0.2) is 0 Å². The molecule has 0 unspecified atom stereocenters. The lowest BCUT2D eigenvalue weighted by atomic mass is 10.1. The zero-order valence-electron chi connectivity index (χ0n) is 13.0. The predicted octanol–water partition coefficient (Wildman–Crippen LogP) is 2.37. The molecule has 20 heavy (non-hydrogen) atoms. The number of aryl methyl sites for hydroxylation is 1. The molecule has 1 aliphatic rings. The van der Waals surface area contributed by atoms with E-state index in [9.17, 15) is 0 Å². The third kappa shape index (κ3) is 4.76. The number of likely N-dealkylation sites (N-methyl/N-ethyl adjacent to an activating group) is 1. The highest BCUT2D eigenvalue weighted by molar-refractivity contribution is 5.42. The van der Waals surface area contributed by atoms with Crippen LogP contribution in [-0.2, 0) is 17.7 Å². The van der Waals surface area contributed by atoms with Crippen molar-refractivity contribution in [3.05, 3.63) is 23.4 Å². The van der Waals surface area contributed by atoms with Crippen LogP contribution in [0.1, 0.15) is 37.4 Å². The van der Waals surface area contributed by atoms with Crippen LogP contribution in [0.4, 0.5) is 5.82 Å². The summed E-state index contributed by atoms with van der Waals surface area (Å²) in [4.78, 5) is 6.93. The standard InChI is InChI=1S/C16H27N3O/c1-4-5-15-10-13(12-17-14-6-7-14)11-16(18-15)19(2)8-9-20-3/h10-11,14,17H,4-9,12H2,1-3H3. The predicted molar refractivity (Wildman–Crippen MR) is 83.2 cm³/mol. The van der Waals surface area contributed by atoms with Gasteiger partial charge in [-0.25, -0.2) is 4.98 Å². The first-order valence-electron chi connectivity index (χ1n) is 7.66. The van der Waals surface area contributed by atoms with Gasteiger partial charge in [-0.15, -0.1) is 0 Å². The van der Waals surface area contributed by atoms with Crippen molar-refractivity contribution in [1.29, 1.82) is 0 Å². The van der Waals surface area contributed by atoms with E-state index in [-0.39, 0.29) is 0 Å². The largest absolute Gasteiger partial charge is 0.383 e. The van der Waals surface area contributed by atoms with Gasteiger partial charge in [0.1, 0.15) is 5.82 Å². The quantitative estimate of drug-likeness (QED) is 0.752. The summed E-state index contributed by atoms with van der Waals surface area (Å²) < 4.78 is 5.15. The molecule has 0 aromatic carbocycles. The van der Waals surface area contributed by atoms with E-state index < -0.39 is 0 Å². The van der Waals surface area contributed by atoms with Gasteiger partial charge < -0.3 is 15.0 Å². The van der Waals surface area contributed by atoms with E-state index in [0.717, 1.165) is 44.4 Å². The number of rotatable bonds is 9. The van der Waals surface area contributed by atoms with E-state index in [2.05, 4.69) is 36.3 Å². The minimum absolute atomic E-state index is 0.728. The monoisotopic (exact) mass is 277 g/mol. The number of methoxy groups -OCH3 is 1. The molecule has 0 spiro atoms. The molecule has 4 heteroatoms. The van der Waals surface area contributed by atoms with Gasteiger partial charge in [0.25, 0.3) is 0 Å². The summed E-state index contributed by atoms with van der Waals surface area (Å²) >= 11 is 0. The number of hydrogen-bond acceptors (Lipinski definition) is 4. The van der Waals surface area contributed by atoms with Crippen molar-refractivity contribution >= 4 is 5.82 Å². The normalized spacial score (nSPS) is 14.6. The fraction of sp³-hybridized carbons (Fsp3) is 0.688. The van der Waals surface area contributed by atoms with Crippen LogP contribution in [0.3, 0.4) is 0 Å². The molecule has 0 amide bonds. The summed E-state index contributed by atoms with van der Waals surface area (Å²) in [7, 11) is 3.81. The van der Waals surface area contributed by atoms with Crippen LogP contribution in [0, 0.1) is 0 Å². The fourth-order valence-corrected chi connectivity index (χ4v) is 2.21. The van der Waals surface area contributed by atoms with Gasteiger partial charge in [0.2, 0.25) is 0 Å². The van der Waals surface area contributed by atoms with Crippen LogP contribution in [-0.4, -0.2) is 38.3 Å². The van der Waals surface area contributed by atoms with Gasteiger partial charge in [-0.3, -0.25) is 0 Å². The lowest BCUT2D eigenvalue weighted by molar-refractivity contribution is 0.206. The molecular formula is C16H27N3O. The van der Waals surface area contributed by atoms with Gasteiger partial charge >= 0.3 is 0 Å². The van der Waals surface area contributed by atoms with E-state index in [0.29, 0.717) is 0 Å². The second-order valence-corrected chi connectivity index (χ2v) is 5.64. The second kappa shape index (κ2) is 7.60. The van der Waals surface area contributed by atoms with Crippen molar-refractivity contribution in [2.45, 2.75) is 45.2 Å². The summed E-state index contributed by atoms with van der Waals surface area (Å²) in [5.74, 6) is 1.06. The first-order chi connectivity index (χ1) is 9.72. The molecule has 112 valence electrons. The first kappa shape index (κ1) is 15.3. The summed E-state index contributed by atoms with van der Waals surface area (Å²) in [6.45, 7) is 4.75. The molecule has 1 aliphatic carbocycles. The van der Waals surface area contributed by atoms with Gasteiger partial charge in [0.05, 0.1) is 6.61 Å². The lowest BCUT2D eigenvalue weighted by Crippen LogP contribution is -2.24. The maximum atomic E-state index is 5.15. The van der Waals surface area contributed by atoms with Gasteiger partial charge in [-0.05, 0) is 37.0 Å². The Hall–Kier alpha value is -1.13. The summed E-state index contributed by atoms with van der Waals surface area (Å²) in [5, 5.41) is 3.58. The Labute approximate surface area is 122 Å². The highest BCUT2D eigenvalue weighted by Crippen LogP contribution is 2.20. The molecule has 0 aliphatic heterocycles. The van der Waals surface area contributed by atoms with Crippen LogP contribution >= 0.6 is 0 Å². The van der Waals surface area contributed by atoms with Gasteiger partial charge in [-0.1, -0.05) is 13.3 Å². The highest BCUT2D eigenvalue weighted by Gasteiger charge is 2.20. The Morgan fingerprint density at radius 3 is 2.85 bits per heavy atom. The van der Waals surface area contributed by atoms with Crippen molar-refractivity contribution in [2.24, 2.45) is 0 Å². The molecule has 0 saturated heterocycles. The molecule has 1 saturated carbocycles. The lowest BCUT2D eigenvalue weighted by Gasteiger charge is -2.19. The SMILES string of the molecule is CCCc1cc(CNC2CC2)cc(N(C)CCOC)n1. The molecule has 0 atom stereocenters. The number of pyridine rings is 1. The zero-order valence-corrected chi connectivity index (χ0v) is 13.0. The van der Waals surface area contributed by atoms with Crippen LogP contribution in [0.15, 0.2) is 12.1 Å². The molecule has 4 nitrogen and oxygen atoms in total. The molecule has 0 radical (unpaired) electrons. The first-order valence-corrected chi connectivity index (χ1v) is 7.66. The molecule has 1 heterocycles. The maximum absolute atomic E-state index is 5.15. The Kier molecular flexibility index (Phi) is 5.80. The summed E-state index contributed by atoms with van der Waals surface area (Å²) in [5.41, 5.74) is 2.54. The number of nitrogens with zero attached hydrogens (tertiary/aromatic N) is 2. The molecule has 1 N–H and O–H groups in total. The molecule has 2 rings (SSSR count). The minimum Gasteiger partial charge on any atom is -0.383 e. The van der Waals surface area contributed by atoms with Crippen molar-refractivity contribution < 1.29 is 4.74 Å². The van der Waals surface area contributed by atoms with Crippen molar-refractivity contribution in [2.75, 3.05) is 32.2 Å². The van der Waals surface area contributed by atoms with Crippen molar-refractivity contribution in [3.8, 4) is 0 Å². The number of aromatic nitrogens is 1. The van der Waals surface area contributed by atoms with E-state index >= 15 is 0 Å². The van der Waals surface area contributed by atoms with E-state index in [1.165, 1.54) is 24.1 Å². The third-order valence-electron chi connectivity index (χ3n) is 3.62. The highest BCUT2D eigenvalue weighted by atomic mass is 16.5. The van der Waals surface area contributed by atoms with Crippen LogP contribution in [0.2, 0.25) is 0 Å². The minimum atomic E-state index is 0.728. The Balaban J connectivity index is 2.06. The Morgan fingerprint density at radius 1 is 1.40 bits per heavy atom. The van der Waals surface area contributed by atoms with Crippen molar-refractivity contribution in [3.63, 3.8) is 0 Å². The number of nitrogens with one attached hydrogen (secondary N) is 1. The molecule has 1 aromatic heterocycles. The molecule has 1 aromatic rings. The Bertz CT molecular complexity index is 418. The smallest absolute Gasteiger partial charge is 0.128 e. The zero-order chi connectivity index (χ0) is 14.4. The van der Waals surface area contributed by atoms with Crippen molar-refractivity contribution in [1.82, 2.24) is 10.3 Å². The second-order valence-electron chi connectivity index (χ2n) is 5.64. The van der Waals surface area contributed by atoms with E-state index in [1.54, 1.807) is 7.11 Å². The topological polar surface area (TPSA) is 37.4 Å². The van der Waals surface area contributed by atoms with Crippen LogP contribution < -0.4 is 10.2 Å². The summed E-state index contributed by atoms with van der Waals surface area (Å²) in [6.07, 6.45) is 4.83. The molecule has 1 fully saturated rings. The van der Waals surface area contributed by atoms with Crippen LogP contribution in [0.5, 0.6) is 0 Å². The molecular weight excluding hydrogens is 250 g/mol. The average molecular weight is 277 g/mol. The maximum Gasteiger partial charge on any atom is 0.128 e. The Morgan fingerprint density at radius 2 is 2.20 bits per heavy atom. The van der Waals surface area contributed by atoms with E-state index in [1.807, 2.05) is 0 Å². The number of anilines is 1. The third-order valence-corrected chi connectivity index (χ3v) is 3.62. The van der Waals surface area contributed by atoms with Gasteiger partial charge in [-0.2, -0.15) is 0 Å². The van der Waals surface area contributed by atoms with Crippen LogP contribution in [0.25, 0.3) is 0 Å². The summed E-state index contributed by atoms with van der Waals surface area (Å²) in [6, 6.07) is 5.18. The van der Waals surface area contributed by atoms with E-state index in [4.69, 9.17) is 9.72 Å². The average Bonchev–Trinajstić information content (AvgIpc) is 3.27. The number of hydrogen-bond donors (Lipinski definition) is 1. The number of ether oxygens (including phenoxy) is 1. The fourth-order valence-electron chi connectivity index (χ4n) is 2.21.